The number of phosphoric ester groups is 2. The summed E-state index contributed by atoms with van der Waals surface area (Å²) < 4.78 is 53.4. The van der Waals surface area contributed by atoms with Crippen molar-refractivity contribution in [2.75, 3.05) is 26.4 Å². The first-order valence-electron chi connectivity index (χ1n) is 23.4. The van der Waals surface area contributed by atoms with Gasteiger partial charge in [0, 0.05) is 12.8 Å². The fraction of sp³-hybridized carbons (Fsp3) is 0.560. The molecule has 3 unspecified atom stereocenters. The van der Waals surface area contributed by atoms with Crippen LogP contribution in [0.3, 0.4) is 0 Å². The molecule has 0 aliphatic carbocycles. The quantitative estimate of drug-likeness (QED) is 0.0148. The number of epoxide rings is 1. The number of carbonyl (C=O) groups excluding carboxylic acids is 2. The smallest absolute Gasteiger partial charge is 0.462 e. The van der Waals surface area contributed by atoms with Crippen LogP contribution in [0.5, 0.6) is 0 Å². The molecule has 0 spiro atoms. The first kappa shape index (κ1) is 60.5. The molecule has 0 bridgehead atoms. The summed E-state index contributed by atoms with van der Waals surface area (Å²) in [5.74, 6) is -1.18. The summed E-state index contributed by atoms with van der Waals surface area (Å²) in [6, 6.07) is 0. The highest BCUT2D eigenvalue weighted by Crippen LogP contribution is 2.44. The molecule has 0 radical (unpaired) electrons. The molecule has 0 amide bonds. The highest BCUT2D eigenvalue weighted by molar-refractivity contribution is 7.47. The van der Waals surface area contributed by atoms with Crippen LogP contribution in [0, 0.1) is 0 Å². The average Bonchev–Trinajstić information content (AvgIpc) is 4.04. The molecular formula is C50H78O14P2. The van der Waals surface area contributed by atoms with Crippen molar-refractivity contribution in [1.29, 1.82) is 0 Å². The molecule has 1 aliphatic heterocycles. The van der Waals surface area contributed by atoms with Crippen molar-refractivity contribution in [2.45, 2.75) is 154 Å². The van der Waals surface area contributed by atoms with E-state index in [2.05, 4.69) is 126 Å². The number of aliphatic hydroxyl groups is 1. The maximum absolute atomic E-state index is 12.7. The zero-order valence-corrected chi connectivity index (χ0v) is 41.0. The third-order valence-electron chi connectivity index (χ3n) is 9.25. The van der Waals surface area contributed by atoms with Gasteiger partial charge < -0.3 is 34.0 Å². The minimum absolute atomic E-state index is 0.0511. The van der Waals surface area contributed by atoms with Crippen LogP contribution in [0.4, 0.5) is 0 Å². The second kappa shape index (κ2) is 40.5. The third-order valence-corrected chi connectivity index (χ3v) is 10.7. The summed E-state index contributed by atoms with van der Waals surface area (Å²) in [7, 11) is -9.73. The van der Waals surface area contributed by atoms with Crippen molar-refractivity contribution >= 4 is 27.6 Å². The Balaban J connectivity index is 2.42. The Hall–Kier alpha value is -3.52. The summed E-state index contributed by atoms with van der Waals surface area (Å²) in [6.07, 6.45) is 53.8. The largest absolute Gasteiger partial charge is 0.472 e. The molecule has 4 N–H and O–H groups in total. The molecule has 16 heteroatoms. The number of phosphoric acid groups is 2. The van der Waals surface area contributed by atoms with Crippen molar-refractivity contribution in [1.82, 2.24) is 0 Å². The van der Waals surface area contributed by atoms with Crippen molar-refractivity contribution < 1.29 is 66.3 Å². The highest BCUT2D eigenvalue weighted by Gasteiger charge is 2.36. The zero-order valence-electron chi connectivity index (χ0n) is 39.2. The van der Waals surface area contributed by atoms with E-state index in [4.69, 9.17) is 28.5 Å². The number of esters is 2. The molecule has 14 nitrogen and oxygen atoms in total. The van der Waals surface area contributed by atoms with Crippen LogP contribution in [0.2, 0.25) is 0 Å². The van der Waals surface area contributed by atoms with Gasteiger partial charge in [0.05, 0.1) is 32.0 Å². The number of aliphatic hydroxyl groups excluding tert-OH is 1. The predicted octanol–water partition coefficient (Wildman–Crippen LogP) is 11.4. The monoisotopic (exact) mass is 964 g/mol. The standard InChI is InChI=1S/C50H78O14P2/c1-3-5-7-8-9-10-11-12-13-14-15-16-17-18-23-26-29-32-36-40-50(53)63-46(44-62-66(57,58)61-42-45(51)41-60-65(54,55)56)43-59-49(52)39-35-31-28-25-22-20-19-21-24-27-30-34-38-48-47(64-48)37-33-6-4-2/h5-7,9-10,12-13,15-16,18,20-24,28,30-31,33-34,45-48,51H,3-4,8,11,14,17,19,25-27,29,32,35-44H2,1-2H3,(H,57,58)(H2,54,55,56)/b7-5-,10-9-,13-12-,16-15-,22-20-,23-18-,24-21-,31-28-,33-6-,34-30-/t45-,46+,47?,48?/m0/s1. The number of hydrogen-bond acceptors (Lipinski definition) is 11. The third kappa shape index (κ3) is 40.7. The number of unbranched alkanes of at least 4 members (excludes halogenated alkanes) is 3. The van der Waals surface area contributed by atoms with Crippen molar-refractivity contribution in [3.8, 4) is 0 Å². The lowest BCUT2D eigenvalue weighted by atomic mass is 10.1. The number of ether oxygens (including phenoxy) is 3. The van der Waals surface area contributed by atoms with Gasteiger partial charge in [-0.1, -0.05) is 142 Å². The maximum atomic E-state index is 12.7. The summed E-state index contributed by atoms with van der Waals surface area (Å²) >= 11 is 0. The second-order valence-electron chi connectivity index (χ2n) is 15.3. The Bertz CT molecular complexity index is 1690. The van der Waals surface area contributed by atoms with Crippen LogP contribution in [0.25, 0.3) is 0 Å². The SMILES string of the molecule is CC/C=C\C/C=C\C/C=C\C/C=C\C/C=C\CCCCCC(=O)O[C@H](COC(=O)CC/C=C\C/C=C\C/C=C\C/C=C\CC1OC1C/C=C\CC)COP(=O)(O)OC[C@@H](O)COP(=O)(O)O. The van der Waals surface area contributed by atoms with Gasteiger partial charge in [-0.3, -0.25) is 23.2 Å². The van der Waals surface area contributed by atoms with E-state index in [0.29, 0.717) is 31.5 Å². The lowest BCUT2D eigenvalue weighted by Gasteiger charge is -2.20. The fourth-order valence-corrected chi connectivity index (χ4v) is 6.83. The number of rotatable bonds is 41. The van der Waals surface area contributed by atoms with Crippen molar-refractivity contribution in [3.63, 3.8) is 0 Å². The van der Waals surface area contributed by atoms with Crippen molar-refractivity contribution in [3.05, 3.63) is 122 Å². The number of allylic oxidation sites excluding steroid dienone is 18. The fourth-order valence-electron chi connectivity index (χ4n) is 5.68. The molecule has 0 aromatic carbocycles. The van der Waals surface area contributed by atoms with Gasteiger partial charge in [-0.25, -0.2) is 9.13 Å². The van der Waals surface area contributed by atoms with Gasteiger partial charge in [-0.15, -0.1) is 0 Å². The zero-order chi connectivity index (χ0) is 48.4. The van der Waals surface area contributed by atoms with Crippen LogP contribution in [0.15, 0.2) is 122 Å². The second-order valence-corrected chi connectivity index (χ2v) is 18.0. The van der Waals surface area contributed by atoms with E-state index in [0.717, 1.165) is 83.5 Å². The number of carbonyl (C=O) groups is 2. The molecule has 5 atom stereocenters. The van der Waals surface area contributed by atoms with E-state index in [1.54, 1.807) is 0 Å². The normalized spacial score (nSPS) is 18.0. The molecule has 1 aliphatic rings. The van der Waals surface area contributed by atoms with Gasteiger partial charge in [0.2, 0.25) is 0 Å². The predicted molar refractivity (Wildman–Crippen MR) is 261 cm³/mol. The molecule has 1 rings (SSSR count). The van der Waals surface area contributed by atoms with Crippen molar-refractivity contribution in [2.24, 2.45) is 0 Å². The van der Waals surface area contributed by atoms with Crippen LogP contribution in [-0.4, -0.2) is 82.6 Å². The van der Waals surface area contributed by atoms with Gasteiger partial charge in [-0.2, -0.15) is 0 Å². The first-order valence-corrected chi connectivity index (χ1v) is 26.4. The van der Waals surface area contributed by atoms with Crippen LogP contribution in [0.1, 0.15) is 129 Å². The van der Waals surface area contributed by atoms with E-state index in [1.807, 2.05) is 18.2 Å². The lowest BCUT2D eigenvalue weighted by molar-refractivity contribution is -0.161. The van der Waals surface area contributed by atoms with E-state index in [9.17, 15) is 28.7 Å². The first-order chi connectivity index (χ1) is 31.8. The van der Waals surface area contributed by atoms with Gasteiger partial charge in [0.1, 0.15) is 12.7 Å². The van der Waals surface area contributed by atoms with E-state index >= 15 is 0 Å². The Morgan fingerprint density at radius 3 is 1.48 bits per heavy atom. The van der Waals surface area contributed by atoms with Crippen LogP contribution < -0.4 is 0 Å². The van der Waals surface area contributed by atoms with Gasteiger partial charge in [-0.05, 0) is 96.3 Å². The topological polar surface area (TPSA) is 208 Å². The summed E-state index contributed by atoms with van der Waals surface area (Å²) in [4.78, 5) is 52.8. The molecule has 1 saturated heterocycles. The lowest BCUT2D eigenvalue weighted by Crippen LogP contribution is -2.29. The van der Waals surface area contributed by atoms with E-state index in [-0.39, 0.29) is 12.8 Å². The molecule has 372 valence electrons. The minimum atomic E-state index is -4.88. The highest BCUT2D eigenvalue weighted by atomic mass is 31.2. The summed E-state index contributed by atoms with van der Waals surface area (Å²) in [6.45, 7) is 1.38. The van der Waals surface area contributed by atoms with E-state index in [1.165, 1.54) is 0 Å². The Morgan fingerprint density at radius 1 is 0.515 bits per heavy atom. The van der Waals surface area contributed by atoms with E-state index < -0.39 is 66.2 Å². The maximum Gasteiger partial charge on any atom is 0.472 e. The van der Waals surface area contributed by atoms with Gasteiger partial charge >= 0.3 is 27.6 Å². The minimum Gasteiger partial charge on any atom is -0.462 e. The summed E-state index contributed by atoms with van der Waals surface area (Å²) in [5, 5.41) is 9.77. The van der Waals surface area contributed by atoms with Gasteiger partial charge in [0.15, 0.2) is 6.10 Å². The molecule has 1 heterocycles. The molecule has 1 fully saturated rings. The van der Waals surface area contributed by atoms with Gasteiger partial charge in [0.25, 0.3) is 0 Å². The Morgan fingerprint density at radius 2 is 0.955 bits per heavy atom. The average molecular weight is 965 g/mol. The Kier molecular flexibility index (Phi) is 37.2. The molecular weight excluding hydrogens is 886 g/mol. The molecule has 0 aromatic rings. The molecule has 0 aromatic heterocycles. The number of hydrogen-bond donors (Lipinski definition) is 4. The molecule has 0 saturated carbocycles. The molecule has 66 heavy (non-hydrogen) atoms. The van der Waals surface area contributed by atoms with Crippen LogP contribution >= 0.6 is 15.6 Å². The Labute approximate surface area is 394 Å². The summed E-state index contributed by atoms with van der Waals surface area (Å²) in [5.41, 5.74) is 0. The van der Waals surface area contributed by atoms with Crippen LogP contribution in [-0.2, 0) is 46.5 Å².